The van der Waals surface area contributed by atoms with Gasteiger partial charge in [0, 0.05) is 30.7 Å². The second-order valence-corrected chi connectivity index (χ2v) is 4.73. The zero-order valence-corrected chi connectivity index (χ0v) is 10.7. The van der Waals surface area contributed by atoms with Gasteiger partial charge in [0.1, 0.15) is 0 Å². The Hall–Kier alpha value is -1.96. The highest BCUT2D eigenvalue weighted by Crippen LogP contribution is 2.34. The summed E-state index contributed by atoms with van der Waals surface area (Å²) >= 11 is 0. The average molecular weight is 238 g/mol. The molecule has 0 aliphatic carbocycles. The zero-order valence-electron chi connectivity index (χ0n) is 10.7. The van der Waals surface area contributed by atoms with Gasteiger partial charge in [-0.3, -0.25) is 0 Å². The topological polar surface area (TPSA) is 15.3 Å². The second kappa shape index (κ2) is 4.73. The van der Waals surface area contributed by atoms with E-state index in [0.29, 0.717) is 0 Å². The van der Waals surface area contributed by atoms with Crippen LogP contribution in [0.15, 0.2) is 48.5 Å². The Morgan fingerprint density at radius 1 is 1.00 bits per heavy atom. The molecule has 1 heterocycles. The SMILES string of the molecule is CN(c1ccccc1)c1cccc2c1CCCN2. The Balaban J connectivity index is 2.02. The number of anilines is 3. The summed E-state index contributed by atoms with van der Waals surface area (Å²) < 4.78 is 0. The zero-order chi connectivity index (χ0) is 12.4. The third-order valence-electron chi connectivity index (χ3n) is 3.58. The number of fused-ring (bicyclic) bond motifs is 1. The van der Waals surface area contributed by atoms with Crippen LogP contribution in [0.4, 0.5) is 17.1 Å². The van der Waals surface area contributed by atoms with Gasteiger partial charge in [-0.2, -0.15) is 0 Å². The molecule has 2 nitrogen and oxygen atoms in total. The number of hydrogen-bond donors (Lipinski definition) is 1. The molecule has 0 amide bonds. The van der Waals surface area contributed by atoms with E-state index in [4.69, 9.17) is 0 Å². The van der Waals surface area contributed by atoms with Crippen LogP contribution < -0.4 is 10.2 Å². The summed E-state index contributed by atoms with van der Waals surface area (Å²) in [5.74, 6) is 0. The van der Waals surface area contributed by atoms with Gasteiger partial charge in [-0.15, -0.1) is 0 Å². The maximum Gasteiger partial charge on any atom is 0.0461 e. The highest BCUT2D eigenvalue weighted by Gasteiger charge is 2.15. The summed E-state index contributed by atoms with van der Waals surface area (Å²) in [6, 6.07) is 17.0. The summed E-state index contributed by atoms with van der Waals surface area (Å²) in [6.07, 6.45) is 2.38. The Kier molecular flexibility index (Phi) is 2.93. The molecule has 1 aliphatic heterocycles. The van der Waals surface area contributed by atoms with Gasteiger partial charge in [-0.05, 0) is 42.7 Å². The second-order valence-electron chi connectivity index (χ2n) is 4.73. The van der Waals surface area contributed by atoms with E-state index in [9.17, 15) is 0 Å². The van der Waals surface area contributed by atoms with Crippen molar-refractivity contribution in [2.45, 2.75) is 12.8 Å². The highest BCUT2D eigenvalue weighted by atomic mass is 15.1. The van der Waals surface area contributed by atoms with Gasteiger partial charge >= 0.3 is 0 Å². The van der Waals surface area contributed by atoms with E-state index in [-0.39, 0.29) is 0 Å². The van der Waals surface area contributed by atoms with Crippen molar-refractivity contribution in [3.05, 3.63) is 54.1 Å². The first-order chi connectivity index (χ1) is 8.86. The van der Waals surface area contributed by atoms with Gasteiger partial charge in [0.2, 0.25) is 0 Å². The van der Waals surface area contributed by atoms with Crippen LogP contribution in [0.2, 0.25) is 0 Å². The summed E-state index contributed by atoms with van der Waals surface area (Å²) in [6.45, 7) is 1.09. The van der Waals surface area contributed by atoms with E-state index in [2.05, 4.69) is 65.8 Å². The Labute approximate surface area is 108 Å². The van der Waals surface area contributed by atoms with Crippen molar-refractivity contribution >= 4 is 17.1 Å². The van der Waals surface area contributed by atoms with Crippen molar-refractivity contribution in [2.24, 2.45) is 0 Å². The molecule has 1 aliphatic rings. The molecule has 1 N–H and O–H groups in total. The van der Waals surface area contributed by atoms with Crippen LogP contribution in [0, 0.1) is 0 Å². The van der Waals surface area contributed by atoms with Crippen molar-refractivity contribution in [1.82, 2.24) is 0 Å². The van der Waals surface area contributed by atoms with E-state index in [1.807, 2.05) is 0 Å². The first-order valence-electron chi connectivity index (χ1n) is 6.51. The van der Waals surface area contributed by atoms with E-state index >= 15 is 0 Å². The summed E-state index contributed by atoms with van der Waals surface area (Å²) in [5.41, 5.74) is 5.28. The van der Waals surface area contributed by atoms with Crippen LogP contribution in [0.25, 0.3) is 0 Å². The molecule has 0 saturated carbocycles. The van der Waals surface area contributed by atoms with Gasteiger partial charge in [-0.25, -0.2) is 0 Å². The molecular weight excluding hydrogens is 220 g/mol. The average Bonchev–Trinajstić information content (AvgIpc) is 2.47. The first-order valence-corrected chi connectivity index (χ1v) is 6.51. The summed E-state index contributed by atoms with van der Waals surface area (Å²) in [5, 5.41) is 3.48. The van der Waals surface area contributed by atoms with Crippen molar-refractivity contribution in [2.75, 3.05) is 23.8 Å². The number of nitrogens with zero attached hydrogens (tertiary/aromatic N) is 1. The van der Waals surface area contributed by atoms with Gasteiger partial charge in [-0.1, -0.05) is 24.3 Å². The van der Waals surface area contributed by atoms with Crippen LogP contribution >= 0.6 is 0 Å². The number of nitrogens with one attached hydrogen (secondary N) is 1. The molecule has 0 spiro atoms. The fraction of sp³-hybridized carbons (Fsp3) is 0.250. The lowest BCUT2D eigenvalue weighted by atomic mass is 10.0. The maximum absolute atomic E-state index is 3.48. The Morgan fingerprint density at radius 3 is 2.67 bits per heavy atom. The first kappa shape index (κ1) is 11.1. The molecule has 0 radical (unpaired) electrons. The smallest absolute Gasteiger partial charge is 0.0461 e. The molecule has 2 aromatic rings. The largest absolute Gasteiger partial charge is 0.385 e. The third kappa shape index (κ3) is 1.94. The van der Waals surface area contributed by atoms with Crippen LogP contribution in [-0.4, -0.2) is 13.6 Å². The van der Waals surface area contributed by atoms with Crippen molar-refractivity contribution in [3.8, 4) is 0 Å². The number of rotatable bonds is 2. The molecule has 0 unspecified atom stereocenters. The lowest BCUT2D eigenvalue weighted by Crippen LogP contribution is -2.17. The Bertz CT molecular complexity index is 534. The van der Waals surface area contributed by atoms with E-state index < -0.39 is 0 Å². The molecule has 92 valence electrons. The minimum absolute atomic E-state index is 1.09. The third-order valence-corrected chi connectivity index (χ3v) is 3.58. The predicted octanol–water partition coefficient (Wildman–Crippen LogP) is 3.81. The molecule has 2 aromatic carbocycles. The van der Waals surface area contributed by atoms with E-state index in [1.165, 1.54) is 29.0 Å². The summed E-state index contributed by atoms with van der Waals surface area (Å²) in [7, 11) is 2.14. The normalized spacial score (nSPS) is 13.6. The van der Waals surface area contributed by atoms with Crippen LogP contribution in [0.3, 0.4) is 0 Å². The van der Waals surface area contributed by atoms with Crippen molar-refractivity contribution in [3.63, 3.8) is 0 Å². The minimum atomic E-state index is 1.09. The fourth-order valence-corrected chi connectivity index (χ4v) is 2.60. The van der Waals surface area contributed by atoms with Crippen LogP contribution in [-0.2, 0) is 6.42 Å². The Morgan fingerprint density at radius 2 is 1.83 bits per heavy atom. The minimum Gasteiger partial charge on any atom is -0.385 e. The molecule has 0 bridgehead atoms. The van der Waals surface area contributed by atoms with Gasteiger partial charge < -0.3 is 10.2 Å². The quantitative estimate of drug-likeness (QED) is 0.855. The molecule has 3 rings (SSSR count). The van der Waals surface area contributed by atoms with Gasteiger partial charge in [0.05, 0.1) is 0 Å². The lowest BCUT2D eigenvalue weighted by molar-refractivity contribution is 0.828. The van der Waals surface area contributed by atoms with Crippen molar-refractivity contribution in [1.29, 1.82) is 0 Å². The number of para-hydroxylation sites is 1. The van der Waals surface area contributed by atoms with Crippen molar-refractivity contribution < 1.29 is 0 Å². The molecular formula is C16H18N2. The molecule has 0 aromatic heterocycles. The number of benzene rings is 2. The van der Waals surface area contributed by atoms with Crippen LogP contribution in [0.1, 0.15) is 12.0 Å². The summed E-state index contributed by atoms with van der Waals surface area (Å²) in [4.78, 5) is 2.27. The molecule has 2 heteroatoms. The molecule has 18 heavy (non-hydrogen) atoms. The maximum atomic E-state index is 3.48. The standard InChI is InChI=1S/C16H18N2/c1-18(13-7-3-2-4-8-13)16-11-5-10-15-14(16)9-6-12-17-15/h2-5,7-8,10-11,17H,6,9,12H2,1H3. The predicted molar refractivity (Wildman–Crippen MR) is 77.8 cm³/mol. The van der Waals surface area contributed by atoms with E-state index in [1.54, 1.807) is 0 Å². The number of hydrogen-bond acceptors (Lipinski definition) is 2. The van der Waals surface area contributed by atoms with Gasteiger partial charge in [0.25, 0.3) is 0 Å². The molecule has 0 atom stereocenters. The van der Waals surface area contributed by atoms with E-state index in [0.717, 1.165) is 13.0 Å². The monoisotopic (exact) mass is 238 g/mol. The fourth-order valence-electron chi connectivity index (χ4n) is 2.60. The lowest BCUT2D eigenvalue weighted by Gasteiger charge is -2.27. The molecule has 0 fully saturated rings. The van der Waals surface area contributed by atoms with Crippen LogP contribution in [0.5, 0.6) is 0 Å². The molecule has 0 saturated heterocycles. The van der Waals surface area contributed by atoms with Gasteiger partial charge in [0.15, 0.2) is 0 Å². The highest BCUT2D eigenvalue weighted by molar-refractivity contribution is 5.73.